The second-order valence-electron chi connectivity index (χ2n) is 6.97. The molecule has 0 unspecified atom stereocenters. The van der Waals surface area contributed by atoms with Gasteiger partial charge in [-0.1, -0.05) is 0 Å². The number of carbonyl (C=O) groups excluding carboxylic acids is 2. The van der Waals surface area contributed by atoms with Gasteiger partial charge in [0.25, 0.3) is 0 Å². The van der Waals surface area contributed by atoms with E-state index in [1.54, 1.807) is 20.2 Å². The van der Waals surface area contributed by atoms with Crippen LogP contribution in [0.2, 0.25) is 0 Å². The third-order valence-corrected chi connectivity index (χ3v) is 7.82. The molecule has 0 N–H and O–H groups in total. The van der Waals surface area contributed by atoms with Crippen LogP contribution in [0.5, 0.6) is 0 Å². The van der Waals surface area contributed by atoms with Gasteiger partial charge in [0, 0.05) is 0 Å². The maximum atomic E-state index is 12.5. The molecule has 2 heterocycles. The zero-order valence-corrected chi connectivity index (χ0v) is 18.1. The van der Waals surface area contributed by atoms with Gasteiger partial charge in [-0.3, -0.25) is 0 Å². The molecule has 1 saturated heterocycles. The molecule has 1 fully saturated rings. The Morgan fingerprint density at radius 3 is 2.37 bits per heavy atom. The standard InChI is InChI=1S/C20H19N3O2SSe/c1-21(2)12-5-6-14-11(7-12)8-17-15(14)9-13(27-17)10-16-18(24)22(3)20(26)23(4)19(16)25/h5-7,9-10H,8H2,1-4H3. The first-order valence-electron chi connectivity index (χ1n) is 8.53. The molecular formula is C20H19N3O2SSe. The van der Waals surface area contributed by atoms with Gasteiger partial charge in [0.1, 0.15) is 0 Å². The van der Waals surface area contributed by atoms with Crippen LogP contribution in [-0.4, -0.2) is 69.4 Å². The van der Waals surface area contributed by atoms with Gasteiger partial charge in [-0.2, -0.15) is 0 Å². The van der Waals surface area contributed by atoms with E-state index in [9.17, 15) is 9.59 Å². The van der Waals surface area contributed by atoms with Crippen molar-refractivity contribution in [3.63, 3.8) is 0 Å². The molecule has 0 bridgehead atoms. The fraction of sp³-hybridized carbons (Fsp3) is 0.250. The van der Waals surface area contributed by atoms with Crippen molar-refractivity contribution in [2.75, 3.05) is 33.1 Å². The van der Waals surface area contributed by atoms with E-state index >= 15 is 0 Å². The molecule has 138 valence electrons. The minimum absolute atomic E-state index is 0.120. The molecule has 0 radical (unpaired) electrons. The third kappa shape index (κ3) is 2.86. The number of amides is 2. The van der Waals surface area contributed by atoms with Gasteiger partial charge in [0.2, 0.25) is 0 Å². The fourth-order valence-corrected chi connectivity index (χ4v) is 6.00. The monoisotopic (exact) mass is 445 g/mol. The number of nitrogens with zero attached hydrogens (tertiary/aromatic N) is 3. The Bertz CT molecular complexity index is 1010. The van der Waals surface area contributed by atoms with E-state index < -0.39 is 0 Å². The van der Waals surface area contributed by atoms with Crippen molar-refractivity contribution in [3.05, 3.63) is 44.3 Å². The first-order valence-corrected chi connectivity index (χ1v) is 10.6. The van der Waals surface area contributed by atoms with Crippen molar-refractivity contribution >= 4 is 55.4 Å². The maximum absolute atomic E-state index is 12.5. The molecule has 5 nitrogen and oxygen atoms in total. The predicted octanol–water partition coefficient (Wildman–Crippen LogP) is 1.98. The summed E-state index contributed by atoms with van der Waals surface area (Å²) in [5, 5.41) is 0.235. The first kappa shape index (κ1) is 18.2. The number of carbonyl (C=O) groups is 2. The van der Waals surface area contributed by atoms with Crippen molar-refractivity contribution < 1.29 is 9.59 Å². The normalized spacial score (nSPS) is 16.0. The summed E-state index contributed by atoms with van der Waals surface area (Å²) in [7, 11) is 7.30. The summed E-state index contributed by atoms with van der Waals surface area (Å²) in [5.41, 5.74) is 5.27. The fourth-order valence-electron chi connectivity index (χ4n) is 3.44. The predicted molar refractivity (Wildman–Crippen MR) is 112 cm³/mol. The third-order valence-electron chi connectivity index (χ3n) is 5.01. The molecule has 1 aromatic heterocycles. The summed E-state index contributed by atoms with van der Waals surface area (Å²) >= 11 is 5.26. The summed E-state index contributed by atoms with van der Waals surface area (Å²) < 4.78 is 2.47. The molecular weight excluding hydrogens is 425 g/mol. The zero-order chi connectivity index (χ0) is 19.5. The summed E-state index contributed by atoms with van der Waals surface area (Å²) in [4.78, 5) is 29.8. The van der Waals surface area contributed by atoms with Crippen LogP contribution in [0.1, 0.15) is 14.4 Å². The van der Waals surface area contributed by atoms with Crippen molar-refractivity contribution in [2.24, 2.45) is 0 Å². The van der Waals surface area contributed by atoms with Crippen LogP contribution in [0.4, 0.5) is 5.69 Å². The van der Waals surface area contributed by atoms with Crippen molar-refractivity contribution in [2.45, 2.75) is 6.42 Å². The van der Waals surface area contributed by atoms with Gasteiger partial charge < -0.3 is 0 Å². The van der Waals surface area contributed by atoms with E-state index in [4.69, 9.17) is 12.2 Å². The van der Waals surface area contributed by atoms with E-state index in [1.807, 2.05) is 14.1 Å². The Hall–Kier alpha value is -2.21. The van der Waals surface area contributed by atoms with E-state index in [1.165, 1.54) is 36.6 Å². The van der Waals surface area contributed by atoms with Crippen molar-refractivity contribution in [1.29, 1.82) is 0 Å². The van der Waals surface area contributed by atoms with Gasteiger partial charge >= 0.3 is 170 Å². The quantitative estimate of drug-likeness (QED) is 0.263. The van der Waals surface area contributed by atoms with Gasteiger partial charge in [0.15, 0.2) is 0 Å². The molecule has 4 rings (SSSR count). The molecule has 2 aliphatic rings. The average Bonchev–Trinajstić information content (AvgIpc) is 3.18. The van der Waals surface area contributed by atoms with E-state index in [0.717, 1.165) is 10.9 Å². The second kappa shape index (κ2) is 6.44. The molecule has 1 aliphatic heterocycles. The number of likely N-dealkylation sites (N-methyl/N-ethyl adjacent to an activating group) is 2. The molecule has 7 heteroatoms. The first-order chi connectivity index (χ1) is 12.8. The van der Waals surface area contributed by atoms with Gasteiger partial charge in [-0.15, -0.1) is 0 Å². The Morgan fingerprint density at radius 1 is 1.07 bits per heavy atom. The average molecular weight is 444 g/mol. The number of anilines is 1. The van der Waals surface area contributed by atoms with E-state index in [2.05, 4.69) is 29.2 Å². The van der Waals surface area contributed by atoms with Crippen molar-refractivity contribution in [1.82, 2.24) is 9.80 Å². The van der Waals surface area contributed by atoms with Crippen LogP contribution in [-0.2, 0) is 16.0 Å². The molecule has 1 aliphatic carbocycles. The number of rotatable bonds is 2. The van der Waals surface area contributed by atoms with Crippen LogP contribution in [0.3, 0.4) is 0 Å². The Morgan fingerprint density at radius 2 is 1.74 bits per heavy atom. The summed E-state index contributed by atoms with van der Waals surface area (Å²) in [6.07, 6.45) is 2.70. The summed E-state index contributed by atoms with van der Waals surface area (Å²) in [6, 6.07) is 8.68. The Balaban J connectivity index is 1.70. The zero-order valence-electron chi connectivity index (χ0n) is 15.6. The second-order valence-corrected chi connectivity index (χ2v) is 9.78. The number of hydrogen-bond acceptors (Lipinski definition) is 4. The minimum atomic E-state index is -0.331. The SMILES string of the molecule is CN1C(=O)C(=Cc2cc3c([se]2)Cc2cc(N(C)C)ccc2-3)C(=O)N(C)C1=S. The summed E-state index contributed by atoms with van der Waals surface area (Å²) in [5.74, 6) is -0.661. The molecule has 0 atom stereocenters. The van der Waals surface area contributed by atoms with E-state index in [-0.39, 0.29) is 37.0 Å². The van der Waals surface area contributed by atoms with Gasteiger partial charge in [-0.25, -0.2) is 0 Å². The topological polar surface area (TPSA) is 43.9 Å². The summed E-state index contributed by atoms with van der Waals surface area (Å²) in [6.45, 7) is 0. The Kier molecular flexibility index (Phi) is 4.34. The van der Waals surface area contributed by atoms with Crippen LogP contribution in [0.25, 0.3) is 17.2 Å². The number of thiocarbonyl (C=S) groups is 1. The van der Waals surface area contributed by atoms with Gasteiger partial charge in [-0.05, 0) is 0 Å². The Labute approximate surface area is 169 Å². The molecule has 1 aromatic carbocycles. The van der Waals surface area contributed by atoms with Gasteiger partial charge in [0.05, 0.1) is 0 Å². The van der Waals surface area contributed by atoms with Crippen LogP contribution in [0.15, 0.2) is 29.8 Å². The van der Waals surface area contributed by atoms with Crippen LogP contribution < -0.4 is 4.90 Å². The molecule has 2 amide bonds. The molecule has 27 heavy (non-hydrogen) atoms. The molecule has 0 saturated carbocycles. The van der Waals surface area contributed by atoms with E-state index in [0.29, 0.717) is 0 Å². The number of fused-ring (bicyclic) bond motifs is 3. The number of hydrogen-bond donors (Lipinski definition) is 0. The number of benzene rings is 1. The van der Waals surface area contributed by atoms with Crippen molar-refractivity contribution in [3.8, 4) is 11.1 Å². The van der Waals surface area contributed by atoms with Crippen LogP contribution in [0, 0.1) is 0 Å². The van der Waals surface area contributed by atoms with Crippen LogP contribution >= 0.6 is 12.2 Å². The molecule has 2 aromatic rings. The molecule has 0 spiro atoms.